The van der Waals surface area contributed by atoms with E-state index in [4.69, 9.17) is 9.26 Å². The minimum absolute atomic E-state index is 0.255. The molecular weight excluding hydrogens is 222 g/mol. The molecule has 17 heavy (non-hydrogen) atoms. The zero-order valence-electron chi connectivity index (χ0n) is 10.4. The normalized spacial score (nSPS) is 16.6. The number of hydrogen-bond donors (Lipinski definition) is 0. The number of rotatable bonds is 5. The van der Waals surface area contributed by atoms with E-state index in [2.05, 4.69) is 10.1 Å². The number of esters is 1. The van der Waals surface area contributed by atoms with Crippen molar-refractivity contribution in [1.29, 1.82) is 0 Å². The highest BCUT2D eigenvalue weighted by atomic mass is 16.5. The molecule has 0 bridgehead atoms. The van der Waals surface area contributed by atoms with Crippen LogP contribution in [0.5, 0.6) is 0 Å². The van der Waals surface area contributed by atoms with Crippen molar-refractivity contribution in [3.8, 4) is 0 Å². The van der Waals surface area contributed by atoms with Gasteiger partial charge in [0, 0.05) is 13.6 Å². The van der Waals surface area contributed by atoms with Gasteiger partial charge in [-0.1, -0.05) is 0 Å². The Bertz CT molecular complexity index is 412. The standard InChI is InChI=1S/C11H17N3O3/c1-4-14(3)10-12-8(17-13-10)11(6-7-11)9(15)16-5-2/h4-7H2,1-3H3. The lowest BCUT2D eigenvalue weighted by Crippen LogP contribution is -2.24. The number of carbonyl (C=O) groups excluding carboxylic acids is 1. The molecule has 6 heteroatoms. The fourth-order valence-corrected chi connectivity index (χ4v) is 1.61. The molecule has 1 aliphatic carbocycles. The lowest BCUT2D eigenvalue weighted by molar-refractivity contribution is -0.146. The third kappa shape index (κ3) is 1.99. The summed E-state index contributed by atoms with van der Waals surface area (Å²) in [6.45, 7) is 4.94. The van der Waals surface area contributed by atoms with E-state index in [0.717, 1.165) is 19.4 Å². The summed E-state index contributed by atoms with van der Waals surface area (Å²) in [7, 11) is 1.87. The molecular formula is C11H17N3O3. The van der Waals surface area contributed by atoms with Gasteiger partial charge in [0.05, 0.1) is 6.61 Å². The molecule has 1 fully saturated rings. The second kappa shape index (κ2) is 4.35. The number of nitrogens with zero attached hydrogens (tertiary/aromatic N) is 3. The van der Waals surface area contributed by atoms with Gasteiger partial charge in [0.15, 0.2) is 0 Å². The van der Waals surface area contributed by atoms with E-state index >= 15 is 0 Å². The fourth-order valence-electron chi connectivity index (χ4n) is 1.61. The molecule has 94 valence electrons. The molecule has 1 aromatic heterocycles. The molecule has 2 rings (SSSR count). The number of aromatic nitrogens is 2. The van der Waals surface area contributed by atoms with Crippen LogP contribution in [0.1, 0.15) is 32.6 Å². The maximum Gasteiger partial charge on any atom is 0.321 e. The molecule has 0 atom stereocenters. The second-order valence-corrected chi connectivity index (χ2v) is 4.22. The Balaban J connectivity index is 2.17. The van der Waals surface area contributed by atoms with Crippen LogP contribution in [0.25, 0.3) is 0 Å². The monoisotopic (exact) mass is 239 g/mol. The Kier molecular flexibility index (Phi) is 3.04. The van der Waals surface area contributed by atoms with Gasteiger partial charge >= 0.3 is 5.97 Å². The van der Waals surface area contributed by atoms with Crippen molar-refractivity contribution in [3.05, 3.63) is 5.89 Å². The first-order valence-electron chi connectivity index (χ1n) is 5.86. The molecule has 0 radical (unpaired) electrons. The van der Waals surface area contributed by atoms with Crippen molar-refractivity contribution in [2.75, 3.05) is 25.1 Å². The molecule has 1 heterocycles. The molecule has 0 aromatic carbocycles. The summed E-state index contributed by atoms with van der Waals surface area (Å²) in [5.41, 5.74) is -0.671. The molecule has 1 saturated carbocycles. The van der Waals surface area contributed by atoms with Crippen molar-refractivity contribution in [2.45, 2.75) is 32.1 Å². The zero-order chi connectivity index (χ0) is 12.5. The highest BCUT2D eigenvalue weighted by molar-refractivity contribution is 5.85. The van der Waals surface area contributed by atoms with Crippen LogP contribution in [-0.4, -0.2) is 36.3 Å². The van der Waals surface area contributed by atoms with Crippen molar-refractivity contribution >= 4 is 11.9 Å². The highest BCUT2D eigenvalue weighted by Gasteiger charge is 2.57. The Labute approximate surface area is 99.9 Å². The molecule has 6 nitrogen and oxygen atoms in total. The maximum absolute atomic E-state index is 11.8. The third-order valence-corrected chi connectivity index (χ3v) is 3.06. The van der Waals surface area contributed by atoms with E-state index in [9.17, 15) is 4.79 Å². The van der Waals surface area contributed by atoms with Gasteiger partial charge in [-0.25, -0.2) is 0 Å². The number of hydrogen-bond acceptors (Lipinski definition) is 6. The van der Waals surface area contributed by atoms with E-state index in [1.807, 2.05) is 18.9 Å². The van der Waals surface area contributed by atoms with Crippen LogP contribution in [0.3, 0.4) is 0 Å². The Hall–Kier alpha value is -1.59. The lowest BCUT2D eigenvalue weighted by atomic mass is 10.1. The smallest absolute Gasteiger partial charge is 0.321 e. The minimum Gasteiger partial charge on any atom is -0.465 e. The summed E-state index contributed by atoms with van der Waals surface area (Å²) in [5, 5.41) is 3.87. The van der Waals surface area contributed by atoms with Crippen LogP contribution in [-0.2, 0) is 14.9 Å². The first kappa shape index (κ1) is 11.9. The van der Waals surface area contributed by atoms with Crippen molar-refractivity contribution in [1.82, 2.24) is 10.1 Å². The molecule has 0 saturated heterocycles. The van der Waals surface area contributed by atoms with E-state index in [1.165, 1.54) is 0 Å². The number of carbonyl (C=O) groups is 1. The van der Waals surface area contributed by atoms with Gasteiger partial charge < -0.3 is 14.2 Å². The van der Waals surface area contributed by atoms with Crippen LogP contribution < -0.4 is 4.90 Å². The predicted octanol–water partition coefficient (Wildman–Crippen LogP) is 1.12. The van der Waals surface area contributed by atoms with Gasteiger partial charge in [-0.05, 0) is 31.8 Å². The minimum atomic E-state index is -0.671. The Morgan fingerprint density at radius 3 is 2.76 bits per heavy atom. The Morgan fingerprint density at radius 2 is 2.24 bits per heavy atom. The first-order valence-corrected chi connectivity index (χ1v) is 5.86. The molecule has 0 aliphatic heterocycles. The molecule has 0 amide bonds. The summed E-state index contributed by atoms with van der Waals surface area (Å²) in [6.07, 6.45) is 1.45. The van der Waals surface area contributed by atoms with E-state index < -0.39 is 5.41 Å². The first-order chi connectivity index (χ1) is 8.14. The molecule has 1 aromatic rings. The van der Waals surface area contributed by atoms with Crippen molar-refractivity contribution < 1.29 is 14.1 Å². The predicted molar refractivity (Wildman–Crippen MR) is 60.8 cm³/mol. The maximum atomic E-state index is 11.8. The summed E-state index contributed by atoms with van der Waals surface area (Å²) in [6, 6.07) is 0. The average molecular weight is 239 g/mol. The summed E-state index contributed by atoms with van der Waals surface area (Å²) < 4.78 is 10.2. The fraction of sp³-hybridized carbons (Fsp3) is 0.727. The molecule has 0 spiro atoms. The number of ether oxygens (including phenoxy) is 1. The quantitative estimate of drug-likeness (QED) is 0.717. The van der Waals surface area contributed by atoms with Gasteiger partial charge in [0.25, 0.3) is 5.95 Å². The van der Waals surface area contributed by atoms with E-state index in [1.54, 1.807) is 6.92 Å². The van der Waals surface area contributed by atoms with Crippen molar-refractivity contribution in [3.63, 3.8) is 0 Å². The summed E-state index contributed by atoms with van der Waals surface area (Å²) in [4.78, 5) is 17.9. The van der Waals surface area contributed by atoms with E-state index in [0.29, 0.717) is 18.4 Å². The van der Waals surface area contributed by atoms with Crippen LogP contribution in [0.4, 0.5) is 5.95 Å². The molecule has 0 N–H and O–H groups in total. The van der Waals surface area contributed by atoms with Crippen LogP contribution in [0.2, 0.25) is 0 Å². The topological polar surface area (TPSA) is 68.5 Å². The van der Waals surface area contributed by atoms with Crippen molar-refractivity contribution in [2.24, 2.45) is 0 Å². The summed E-state index contributed by atoms with van der Waals surface area (Å²) >= 11 is 0. The molecule has 1 aliphatic rings. The highest BCUT2D eigenvalue weighted by Crippen LogP contribution is 2.48. The van der Waals surface area contributed by atoms with Gasteiger partial charge in [-0.2, -0.15) is 4.98 Å². The van der Waals surface area contributed by atoms with Crippen LogP contribution in [0, 0.1) is 0 Å². The lowest BCUT2D eigenvalue weighted by Gasteiger charge is -2.10. The largest absolute Gasteiger partial charge is 0.465 e. The van der Waals surface area contributed by atoms with Crippen LogP contribution in [0.15, 0.2) is 4.52 Å². The second-order valence-electron chi connectivity index (χ2n) is 4.22. The van der Waals surface area contributed by atoms with Gasteiger partial charge in [0.2, 0.25) is 5.89 Å². The zero-order valence-corrected chi connectivity index (χ0v) is 10.4. The summed E-state index contributed by atoms with van der Waals surface area (Å²) in [5.74, 6) is 0.638. The number of anilines is 1. The SMILES string of the molecule is CCOC(=O)C1(c2nc(N(C)CC)no2)CC1. The Morgan fingerprint density at radius 1 is 1.53 bits per heavy atom. The third-order valence-electron chi connectivity index (χ3n) is 3.06. The average Bonchev–Trinajstić information content (AvgIpc) is 3.00. The van der Waals surface area contributed by atoms with Gasteiger partial charge in [-0.3, -0.25) is 4.79 Å². The van der Waals surface area contributed by atoms with E-state index in [-0.39, 0.29) is 5.97 Å². The van der Waals surface area contributed by atoms with Crippen LogP contribution >= 0.6 is 0 Å². The van der Waals surface area contributed by atoms with Gasteiger partial charge in [0.1, 0.15) is 5.41 Å². The molecule has 0 unspecified atom stereocenters. The van der Waals surface area contributed by atoms with Gasteiger partial charge in [-0.15, -0.1) is 0 Å².